The van der Waals surface area contributed by atoms with E-state index in [0.717, 1.165) is 12.5 Å². The summed E-state index contributed by atoms with van der Waals surface area (Å²) in [6, 6.07) is 0. The molecule has 0 bridgehead atoms. The molecular weight excluding hydrogens is 201 g/mol. The fraction of sp³-hybridized carbons (Fsp3) is 0.167. The van der Waals surface area contributed by atoms with Crippen LogP contribution in [0.3, 0.4) is 0 Å². The third-order valence-corrected chi connectivity index (χ3v) is 1.58. The van der Waals surface area contributed by atoms with E-state index in [1.165, 1.54) is 0 Å². The molecule has 0 atom stereocenters. The van der Waals surface area contributed by atoms with Crippen LogP contribution in [0.15, 0.2) is 12.5 Å². The summed E-state index contributed by atoms with van der Waals surface area (Å²) in [5.41, 5.74) is -0.602. The van der Waals surface area contributed by atoms with Gasteiger partial charge < -0.3 is 5.11 Å². The molecule has 0 radical (unpaired) electrons. The fourth-order valence-electron chi connectivity index (χ4n) is 1.04. The first-order valence-corrected chi connectivity index (χ1v) is 3.45. The molecule has 0 aliphatic carbocycles. The van der Waals surface area contributed by atoms with Gasteiger partial charge in [-0.15, -0.1) is 13.2 Å². The van der Waals surface area contributed by atoms with Crippen molar-refractivity contribution in [1.82, 2.24) is 19.7 Å². The van der Waals surface area contributed by atoms with E-state index in [1.807, 2.05) is 0 Å². The van der Waals surface area contributed by atoms with Gasteiger partial charge in [-0.3, -0.25) is 0 Å². The minimum atomic E-state index is -4.69. The summed E-state index contributed by atoms with van der Waals surface area (Å²) >= 11 is 0. The first-order chi connectivity index (χ1) is 6.50. The van der Waals surface area contributed by atoms with E-state index < -0.39 is 17.7 Å². The van der Waals surface area contributed by atoms with Gasteiger partial charge in [0, 0.05) is 0 Å². The molecule has 2 heterocycles. The van der Waals surface area contributed by atoms with Crippen molar-refractivity contribution in [2.45, 2.75) is 6.30 Å². The average Bonchev–Trinajstić information content (AvgIpc) is 2.47. The molecule has 0 saturated heterocycles. The lowest BCUT2D eigenvalue weighted by Crippen LogP contribution is -2.17. The van der Waals surface area contributed by atoms with Crippen molar-refractivity contribution in [2.75, 3.05) is 0 Å². The van der Waals surface area contributed by atoms with Crippen LogP contribution in [0.25, 0.3) is 11.0 Å². The molecule has 8 heteroatoms. The fourth-order valence-corrected chi connectivity index (χ4v) is 1.04. The van der Waals surface area contributed by atoms with E-state index in [9.17, 15) is 13.2 Å². The molecule has 5 nitrogen and oxygen atoms in total. The molecule has 74 valence electrons. The molecule has 1 N–H and O–H groups in total. The zero-order valence-corrected chi connectivity index (χ0v) is 6.52. The Bertz CT molecular complexity index is 477. The van der Waals surface area contributed by atoms with Crippen molar-refractivity contribution in [1.29, 1.82) is 0 Å². The van der Waals surface area contributed by atoms with E-state index in [0.29, 0.717) is 0 Å². The number of hydrogen-bond donors (Lipinski definition) is 1. The number of nitrogens with zero attached hydrogens (tertiary/aromatic N) is 4. The third-order valence-electron chi connectivity index (χ3n) is 1.58. The summed E-state index contributed by atoms with van der Waals surface area (Å²) in [4.78, 5) is 6.76. The van der Waals surface area contributed by atoms with Crippen LogP contribution in [-0.4, -0.2) is 24.9 Å². The van der Waals surface area contributed by atoms with E-state index >= 15 is 0 Å². The summed E-state index contributed by atoms with van der Waals surface area (Å²) < 4.78 is 36.5. The Balaban J connectivity index is 2.80. The number of alkyl halides is 3. The molecule has 0 aliphatic heterocycles. The summed E-state index contributed by atoms with van der Waals surface area (Å²) in [6.07, 6.45) is -2.83. The molecule has 2 rings (SSSR count). The van der Waals surface area contributed by atoms with Gasteiger partial charge in [0.1, 0.15) is 11.8 Å². The highest BCUT2D eigenvalue weighted by molar-refractivity contribution is 5.78. The smallest absolute Gasteiger partial charge is 0.492 e. The zero-order valence-electron chi connectivity index (χ0n) is 6.52. The molecule has 14 heavy (non-hydrogen) atoms. The Morgan fingerprint density at radius 1 is 1.29 bits per heavy atom. The summed E-state index contributed by atoms with van der Waals surface area (Å²) in [6.45, 7) is 0. The number of halogens is 3. The summed E-state index contributed by atoms with van der Waals surface area (Å²) in [5.74, 6) is -0.746. The normalized spacial score (nSPS) is 12.2. The van der Waals surface area contributed by atoms with Crippen molar-refractivity contribution in [3.63, 3.8) is 0 Å². The predicted molar refractivity (Wildman–Crippen MR) is 38.3 cm³/mol. The average molecular weight is 204 g/mol. The van der Waals surface area contributed by atoms with E-state index in [4.69, 9.17) is 5.11 Å². The van der Waals surface area contributed by atoms with Crippen molar-refractivity contribution >= 4 is 11.0 Å². The SMILES string of the molecule is Oc1ncnc2cnn(C(F)(F)F)c12. The van der Waals surface area contributed by atoms with Crippen molar-refractivity contribution in [2.24, 2.45) is 0 Å². The van der Waals surface area contributed by atoms with Crippen LogP contribution in [0.1, 0.15) is 0 Å². The molecule has 0 spiro atoms. The van der Waals surface area contributed by atoms with Crippen LogP contribution in [0.2, 0.25) is 0 Å². The van der Waals surface area contributed by atoms with Gasteiger partial charge in [0.15, 0.2) is 5.52 Å². The second-order valence-corrected chi connectivity index (χ2v) is 2.46. The maximum atomic E-state index is 12.3. The van der Waals surface area contributed by atoms with Gasteiger partial charge in [0.05, 0.1) is 6.20 Å². The standard InChI is InChI=1S/C6H3F3N4O/c7-6(8,9)13-4-3(1-12-13)10-2-11-5(4)14/h1-2H,(H,10,11,14). The summed E-state index contributed by atoms with van der Waals surface area (Å²) in [5, 5.41) is 12.1. The molecule has 0 aliphatic rings. The highest BCUT2D eigenvalue weighted by Gasteiger charge is 2.34. The van der Waals surface area contributed by atoms with Crippen molar-refractivity contribution in [3.05, 3.63) is 12.5 Å². The van der Waals surface area contributed by atoms with Crippen molar-refractivity contribution in [3.8, 4) is 5.88 Å². The van der Waals surface area contributed by atoms with Gasteiger partial charge in [-0.25, -0.2) is 9.97 Å². The Hall–Kier alpha value is -1.86. The minimum Gasteiger partial charge on any atom is -0.492 e. The van der Waals surface area contributed by atoms with Gasteiger partial charge in [-0.2, -0.15) is 9.78 Å². The largest absolute Gasteiger partial charge is 0.505 e. The lowest BCUT2D eigenvalue weighted by atomic mass is 10.4. The van der Waals surface area contributed by atoms with Gasteiger partial charge in [-0.05, 0) is 0 Å². The second kappa shape index (κ2) is 2.56. The Kier molecular flexibility index (Phi) is 1.60. The molecule has 2 aromatic heterocycles. The first-order valence-electron chi connectivity index (χ1n) is 3.45. The second-order valence-electron chi connectivity index (χ2n) is 2.46. The molecular formula is C6H3F3N4O. The van der Waals surface area contributed by atoms with Gasteiger partial charge in [-0.1, -0.05) is 0 Å². The van der Waals surface area contributed by atoms with Crippen LogP contribution in [-0.2, 0) is 6.30 Å². The van der Waals surface area contributed by atoms with E-state index in [-0.39, 0.29) is 10.2 Å². The first kappa shape index (κ1) is 8.73. The topological polar surface area (TPSA) is 63.8 Å². The maximum Gasteiger partial charge on any atom is 0.505 e. The Morgan fingerprint density at radius 3 is 2.64 bits per heavy atom. The Labute approximate surface area is 74.8 Å². The van der Waals surface area contributed by atoms with Crippen LogP contribution >= 0.6 is 0 Å². The van der Waals surface area contributed by atoms with Crippen LogP contribution < -0.4 is 0 Å². The Morgan fingerprint density at radius 2 is 2.00 bits per heavy atom. The van der Waals surface area contributed by atoms with Crippen LogP contribution in [0.5, 0.6) is 5.88 Å². The van der Waals surface area contributed by atoms with Gasteiger partial charge in [0.2, 0.25) is 5.88 Å². The van der Waals surface area contributed by atoms with E-state index in [2.05, 4.69) is 15.1 Å². The molecule has 2 aromatic rings. The van der Waals surface area contributed by atoms with Crippen LogP contribution in [0, 0.1) is 0 Å². The monoisotopic (exact) mass is 204 g/mol. The highest BCUT2D eigenvalue weighted by Crippen LogP contribution is 2.29. The molecule has 0 unspecified atom stereocenters. The highest BCUT2D eigenvalue weighted by atomic mass is 19.4. The number of hydrogen-bond acceptors (Lipinski definition) is 4. The molecule has 0 fully saturated rings. The number of aromatic nitrogens is 4. The lowest BCUT2D eigenvalue weighted by molar-refractivity contribution is -0.209. The minimum absolute atomic E-state index is 0.0603. The molecule has 0 aromatic carbocycles. The van der Waals surface area contributed by atoms with Crippen molar-refractivity contribution < 1.29 is 18.3 Å². The van der Waals surface area contributed by atoms with Gasteiger partial charge >= 0.3 is 6.30 Å². The zero-order chi connectivity index (χ0) is 10.3. The number of aromatic hydroxyl groups is 1. The van der Waals surface area contributed by atoms with Gasteiger partial charge in [0.25, 0.3) is 0 Å². The number of fused-ring (bicyclic) bond motifs is 1. The predicted octanol–water partition coefficient (Wildman–Crippen LogP) is 1.01. The molecule has 0 saturated carbocycles. The van der Waals surface area contributed by atoms with E-state index in [1.54, 1.807) is 0 Å². The molecule has 0 amide bonds. The number of rotatable bonds is 0. The third kappa shape index (κ3) is 1.15. The summed E-state index contributed by atoms with van der Waals surface area (Å²) in [7, 11) is 0. The maximum absolute atomic E-state index is 12.3. The quantitative estimate of drug-likeness (QED) is 0.695. The lowest BCUT2D eigenvalue weighted by Gasteiger charge is -2.06. The van der Waals surface area contributed by atoms with Crippen LogP contribution in [0.4, 0.5) is 13.2 Å².